The molecule has 2 rings (SSSR count). The Bertz CT molecular complexity index is 423. The molecule has 17 heavy (non-hydrogen) atoms. The van der Waals surface area contributed by atoms with E-state index in [1.54, 1.807) is 6.08 Å². The lowest BCUT2D eigenvalue weighted by Crippen LogP contribution is -2.09. The van der Waals surface area contributed by atoms with Gasteiger partial charge in [0.2, 0.25) is 11.9 Å². The Balaban J connectivity index is 1.91. The number of nitrogen functional groups attached to an aromatic ring is 1. The van der Waals surface area contributed by atoms with Crippen molar-refractivity contribution in [2.45, 2.75) is 25.2 Å². The summed E-state index contributed by atoms with van der Waals surface area (Å²) in [6.07, 6.45) is 8.92. The summed E-state index contributed by atoms with van der Waals surface area (Å²) in [7, 11) is 0. The van der Waals surface area contributed by atoms with Gasteiger partial charge in [-0.3, -0.25) is 0 Å². The molecular formula is C12H17N5. The van der Waals surface area contributed by atoms with E-state index in [0.717, 1.165) is 31.6 Å². The van der Waals surface area contributed by atoms with Crippen LogP contribution in [0.1, 0.15) is 31.0 Å². The first-order chi connectivity index (χ1) is 8.29. The highest BCUT2D eigenvalue weighted by Gasteiger charge is 2.27. The Morgan fingerprint density at radius 1 is 1.35 bits per heavy atom. The summed E-state index contributed by atoms with van der Waals surface area (Å²) in [4.78, 5) is 12.6. The second-order valence-corrected chi connectivity index (χ2v) is 4.03. The van der Waals surface area contributed by atoms with Gasteiger partial charge >= 0.3 is 0 Å². The average molecular weight is 231 g/mol. The number of hydrogen-bond donors (Lipinski definition) is 2. The minimum Gasteiger partial charge on any atom is -0.368 e. The Kier molecular flexibility index (Phi) is 3.69. The summed E-state index contributed by atoms with van der Waals surface area (Å²) in [5.41, 5.74) is 5.65. The van der Waals surface area contributed by atoms with Crippen LogP contribution in [-0.2, 0) is 0 Å². The molecule has 0 radical (unpaired) electrons. The van der Waals surface area contributed by atoms with Crippen molar-refractivity contribution in [3.05, 3.63) is 30.6 Å². The molecule has 1 heterocycles. The van der Waals surface area contributed by atoms with Crippen LogP contribution in [0.2, 0.25) is 0 Å². The zero-order valence-corrected chi connectivity index (χ0v) is 9.76. The lowest BCUT2D eigenvalue weighted by atomic mass is 10.3. The van der Waals surface area contributed by atoms with Gasteiger partial charge in [-0.1, -0.05) is 24.8 Å². The summed E-state index contributed by atoms with van der Waals surface area (Å²) in [5, 5.41) is 3.14. The van der Waals surface area contributed by atoms with Crippen LogP contribution in [0.4, 0.5) is 11.9 Å². The molecule has 1 aliphatic rings. The summed E-state index contributed by atoms with van der Waals surface area (Å²) in [5.74, 6) is 2.18. The van der Waals surface area contributed by atoms with Crippen LogP contribution >= 0.6 is 0 Å². The average Bonchev–Trinajstić information content (AvgIpc) is 3.12. The smallest absolute Gasteiger partial charge is 0.227 e. The molecule has 1 saturated carbocycles. The molecule has 0 amide bonds. The van der Waals surface area contributed by atoms with E-state index in [0.29, 0.717) is 17.8 Å². The Morgan fingerprint density at radius 2 is 2.18 bits per heavy atom. The maximum Gasteiger partial charge on any atom is 0.227 e. The van der Waals surface area contributed by atoms with Gasteiger partial charge in [-0.15, -0.1) is 0 Å². The fraction of sp³-hybridized carbons (Fsp3) is 0.417. The van der Waals surface area contributed by atoms with Crippen LogP contribution in [-0.4, -0.2) is 21.5 Å². The van der Waals surface area contributed by atoms with Gasteiger partial charge in [0.05, 0.1) is 0 Å². The van der Waals surface area contributed by atoms with Gasteiger partial charge in [0.1, 0.15) is 5.82 Å². The Hall–Kier alpha value is -1.91. The van der Waals surface area contributed by atoms with Crippen molar-refractivity contribution in [1.82, 2.24) is 15.0 Å². The number of nitrogens with zero attached hydrogens (tertiary/aromatic N) is 3. The van der Waals surface area contributed by atoms with Gasteiger partial charge in [-0.2, -0.15) is 15.0 Å². The zero-order chi connectivity index (χ0) is 12.1. The van der Waals surface area contributed by atoms with Crippen molar-refractivity contribution in [2.75, 3.05) is 17.6 Å². The van der Waals surface area contributed by atoms with Crippen molar-refractivity contribution < 1.29 is 0 Å². The van der Waals surface area contributed by atoms with Crippen LogP contribution in [0, 0.1) is 0 Å². The van der Waals surface area contributed by atoms with Gasteiger partial charge in [0.15, 0.2) is 0 Å². The molecule has 1 aromatic heterocycles. The summed E-state index contributed by atoms with van der Waals surface area (Å²) >= 11 is 0. The predicted molar refractivity (Wildman–Crippen MR) is 68.7 cm³/mol. The van der Waals surface area contributed by atoms with Gasteiger partial charge in [-0.05, 0) is 19.3 Å². The van der Waals surface area contributed by atoms with Crippen LogP contribution in [0.5, 0.6) is 0 Å². The van der Waals surface area contributed by atoms with Crippen LogP contribution < -0.4 is 11.1 Å². The highest BCUT2D eigenvalue weighted by Crippen LogP contribution is 2.38. The normalized spacial score (nSPS) is 15.1. The lowest BCUT2D eigenvalue weighted by Gasteiger charge is -2.05. The summed E-state index contributed by atoms with van der Waals surface area (Å²) < 4.78 is 0. The SMILES string of the molecule is C=C/C=C/CCNc1nc(N)nc(C2CC2)n1. The van der Waals surface area contributed by atoms with Crippen molar-refractivity contribution in [1.29, 1.82) is 0 Å². The van der Waals surface area contributed by atoms with Crippen LogP contribution in [0.3, 0.4) is 0 Å². The third-order valence-electron chi connectivity index (χ3n) is 2.48. The van der Waals surface area contributed by atoms with Crippen molar-refractivity contribution in [3.8, 4) is 0 Å². The number of hydrogen-bond acceptors (Lipinski definition) is 5. The monoisotopic (exact) mass is 231 g/mol. The first-order valence-corrected chi connectivity index (χ1v) is 5.82. The number of nitrogens with two attached hydrogens (primary N) is 1. The molecule has 0 unspecified atom stereocenters. The Morgan fingerprint density at radius 3 is 2.88 bits per heavy atom. The topological polar surface area (TPSA) is 76.7 Å². The molecule has 90 valence electrons. The van der Waals surface area contributed by atoms with Crippen molar-refractivity contribution >= 4 is 11.9 Å². The molecule has 3 N–H and O–H groups in total. The fourth-order valence-electron chi connectivity index (χ4n) is 1.47. The molecule has 0 aliphatic heterocycles. The molecular weight excluding hydrogens is 214 g/mol. The van der Waals surface area contributed by atoms with E-state index in [-0.39, 0.29) is 0 Å². The second kappa shape index (κ2) is 5.43. The highest BCUT2D eigenvalue weighted by atomic mass is 15.2. The number of nitrogens with one attached hydrogen (secondary N) is 1. The molecule has 0 aromatic carbocycles. The quantitative estimate of drug-likeness (QED) is 0.577. The molecule has 0 atom stereocenters. The molecule has 0 saturated heterocycles. The van der Waals surface area contributed by atoms with E-state index >= 15 is 0 Å². The molecule has 0 bridgehead atoms. The maximum absolute atomic E-state index is 5.65. The van der Waals surface area contributed by atoms with Gasteiger partial charge in [-0.25, -0.2) is 0 Å². The first-order valence-electron chi connectivity index (χ1n) is 5.82. The molecule has 1 aromatic rings. The van der Waals surface area contributed by atoms with Gasteiger partial charge in [0.25, 0.3) is 0 Å². The highest BCUT2D eigenvalue weighted by molar-refractivity contribution is 5.32. The summed E-state index contributed by atoms with van der Waals surface area (Å²) in [6.45, 7) is 4.39. The molecule has 1 fully saturated rings. The number of anilines is 2. The molecule has 5 nitrogen and oxygen atoms in total. The molecule has 1 aliphatic carbocycles. The predicted octanol–water partition coefficient (Wildman–Crippen LogP) is 1.88. The maximum atomic E-state index is 5.65. The van der Waals surface area contributed by atoms with E-state index in [1.807, 2.05) is 12.2 Å². The molecule has 0 spiro atoms. The zero-order valence-electron chi connectivity index (χ0n) is 9.76. The van der Waals surface area contributed by atoms with E-state index in [4.69, 9.17) is 5.73 Å². The lowest BCUT2D eigenvalue weighted by molar-refractivity contribution is 0.887. The van der Waals surface area contributed by atoms with Crippen molar-refractivity contribution in [3.63, 3.8) is 0 Å². The number of rotatable bonds is 6. The molecule has 5 heteroatoms. The Labute approximate surface area is 101 Å². The fourth-order valence-corrected chi connectivity index (χ4v) is 1.47. The largest absolute Gasteiger partial charge is 0.368 e. The van der Waals surface area contributed by atoms with Crippen molar-refractivity contribution in [2.24, 2.45) is 0 Å². The van der Waals surface area contributed by atoms with E-state index in [9.17, 15) is 0 Å². The third kappa shape index (κ3) is 3.55. The first kappa shape index (κ1) is 11.6. The van der Waals surface area contributed by atoms with E-state index in [2.05, 4.69) is 26.8 Å². The van der Waals surface area contributed by atoms with Gasteiger partial charge < -0.3 is 11.1 Å². The third-order valence-corrected chi connectivity index (χ3v) is 2.48. The van der Waals surface area contributed by atoms with Gasteiger partial charge in [0, 0.05) is 12.5 Å². The van der Waals surface area contributed by atoms with E-state index < -0.39 is 0 Å². The van der Waals surface area contributed by atoms with Crippen LogP contribution in [0.25, 0.3) is 0 Å². The second-order valence-electron chi connectivity index (χ2n) is 4.03. The summed E-state index contributed by atoms with van der Waals surface area (Å²) in [6, 6.07) is 0. The number of allylic oxidation sites excluding steroid dienone is 2. The standard InChI is InChI=1S/C12H17N5/c1-2-3-4-5-8-14-12-16-10(9-6-7-9)15-11(13)17-12/h2-4,9H,1,5-8H2,(H3,13,14,15,16,17)/b4-3+. The van der Waals surface area contributed by atoms with E-state index in [1.165, 1.54) is 0 Å². The minimum absolute atomic E-state index is 0.297. The number of aromatic nitrogens is 3. The minimum atomic E-state index is 0.297. The van der Waals surface area contributed by atoms with Crippen LogP contribution in [0.15, 0.2) is 24.8 Å².